The van der Waals surface area contributed by atoms with Crippen LogP contribution in [0.3, 0.4) is 0 Å². The third-order valence-electron chi connectivity index (χ3n) is 5.25. The highest BCUT2D eigenvalue weighted by Crippen LogP contribution is 2.34. The maximum atomic E-state index is 13.0. The third kappa shape index (κ3) is 3.84. The lowest BCUT2D eigenvalue weighted by molar-refractivity contribution is -0.139. The molecule has 3 heterocycles. The fourth-order valence-electron chi connectivity index (χ4n) is 3.70. The number of amides is 1. The summed E-state index contributed by atoms with van der Waals surface area (Å²) in [5.74, 6) is 2.03. The van der Waals surface area contributed by atoms with Crippen LogP contribution in [0.2, 0.25) is 0 Å². The Balaban J connectivity index is 1.55. The van der Waals surface area contributed by atoms with Gasteiger partial charge in [-0.2, -0.15) is 4.98 Å². The molecule has 1 atom stereocenters. The molecule has 1 fully saturated rings. The maximum Gasteiger partial charge on any atom is 0.265 e. The Morgan fingerprint density at radius 3 is 2.64 bits per heavy atom. The number of para-hydroxylation sites is 2. The average Bonchev–Trinajstić information content (AvgIpc) is 3.17. The SMILES string of the molecule is CC(C)(C)c1nc(CN2C[C@H](C(=O)N3CCCCC3)Oc3ccccc32)no1. The number of piperidine rings is 1. The van der Waals surface area contributed by atoms with Gasteiger partial charge in [-0.05, 0) is 31.4 Å². The van der Waals surface area contributed by atoms with E-state index >= 15 is 0 Å². The first-order chi connectivity index (χ1) is 13.4. The Kier molecular flexibility index (Phi) is 5.00. The van der Waals surface area contributed by atoms with E-state index in [1.807, 2.05) is 49.9 Å². The number of carbonyl (C=O) groups is 1. The minimum absolute atomic E-state index is 0.0719. The van der Waals surface area contributed by atoms with E-state index in [9.17, 15) is 4.79 Å². The van der Waals surface area contributed by atoms with Gasteiger partial charge < -0.3 is 19.1 Å². The number of carbonyl (C=O) groups excluding carboxylic acids is 1. The molecule has 1 aromatic carbocycles. The van der Waals surface area contributed by atoms with Crippen LogP contribution in [0.15, 0.2) is 28.8 Å². The van der Waals surface area contributed by atoms with E-state index in [4.69, 9.17) is 9.26 Å². The van der Waals surface area contributed by atoms with Gasteiger partial charge in [-0.1, -0.05) is 38.1 Å². The van der Waals surface area contributed by atoms with Crippen LogP contribution in [0.4, 0.5) is 5.69 Å². The Labute approximate surface area is 165 Å². The van der Waals surface area contributed by atoms with Crippen LogP contribution >= 0.6 is 0 Å². The molecule has 1 amide bonds. The lowest BCUT2D eigenvalue weighted by Gasteiger charge is -2.37. The van der Waals surface area contributed by atoms with E-state index in [-0.39, 0.29) is 11.3 Å². The highest BCUT2D eigenvalue weighted by Gasteiger charge is 2.34. The standard InChI is InChI=1S/C21H28N4O3/c1-21(2,3)20-22-18(23-28-20)14-25-13-17(19(26)24-11-7-4-8-12-24)27-16-10-6-5-9-15(16)25/h5-6,9-10,17H,4,7-8,11-14H2,1-3H3/t17-/m1/s1. The van der Waals surface area contributed by atoms with E-state index in [2.05, 4.69) is 15.0 Å². The summed E-state index contributed by atoms with van der Waals surface area (Å²) in [6.45, 7) is 8.72. The van der Waals surface area contributed by atoms with Crippen LogP contribution in [0.5, 0.6) is 5.75 Å². The molecule has 28 heavy (non-hydrogen) atoms. The molecule has 2 aliphatic rings. The van der Waals surface area contributed by atoms with Crippen molar-refractivity contribution in [3.63, 3.8) is 0 Å². The first-order valence-electron chi connectivity index (χ1n) is 10.0. The van der Waals surface area contributed by atoms with E-state index < -0.39 is 6.10 Å². The normalized spacial score (nSPS) is 19.9. The Bertz CT molecular complexity index is 836. The molecule has 7 heteroatoms. The van der Waals surface area contributed by atoms with Crippen molar-refractivity contribution >= 4 is 11.6 Å². The van der Waals surface area contributed by atoms with Gasteiger partial charge in [0, 0.05) is 18.5 Å². The molecule has 2 aromatic rings. The van der Waals surface area contributed by atoms with E-state index in [0.29, 0.717) is 24.8 Å². The topological polar surface area (TPSA) is 71.7 Å². The number of fused-ring (bicyclic) bond motifs is 1. The smallest absolute Gasteiger partial charge is 0.265 e. The summed E-state index contributed by atoms with van der Waals surface area (Å²) in [4.78, 5) is 21.6. The molecule has 2 aliphatic heterocycles. The van der Waals surface area contributed by atoms with Gasteiger partial charge in [0.15, 0.2) is 11.9 Å². The highest BCUT2D eigenvalue weighted by atomic mass is 16.5. The summed E-state index contributed by atoms with van der Waals surface area (Å²) in [6, 6.07) is 7.81. The van der Waals surface area contributed by atoms with Gasteiger partial charge in [0.1, 0.15) is 5.75 Å². The number of aromatic nitrogens is 2. The van der Waals surface area contributed by atoms with Crippen molar-refractivity contribution in [2.24, 2.45) is 0 Å². The molecule has 0 aliphatic carbocycles. The number of rotatable bonds is 3. The summed E-state index contributed by atoms with van der Waals surface area (Å²) in [5, 5.41) is 4.15. The highest BCUT2D eigenvalue weighted by molar-refractivity contribution is 5.83. The number of benzene rings is 1. The third-order valence-corrected chi connectivity index (χ3v) is 5.25. The molecule has 0 unspecified atom stereocenters. The zero-order valence-electron chi connectivity index (χ0n) is 16.9. The van der Waals surface area contributed by atoms with Crippen molar-refractivity contribution in [3.05, 3.63) is 36.0 Å². The van der Waals surface area contributed by atoms with E-state index in [1.165, 1.54) is 6.42 Å². The second-order valence-corrected chi connectivity index (χ2v) is 8.61. The summed E-state index contributed by atoms with van der Waals surface area (Å²) < 4.78 is 11.5. The molecule has 0 spiro atoms. The fraction of sp³-hybridized carbons (Fsp3) is 0.571. The number of ether oxygens (including phenoxy) is 1. The number of hydrogen-bond acceptors (Lipinski definition) is 6. The average molecular weight is 384 g/mol. The molecule has 150 valence electrons. The van der Waals surface area contributed by atoms with Crippen LogP contribution in [-0.2, 0) is 16.8 Å². The van der Waals surface area contributed by atoms with Crippen LogP contribution in [-0.4, -0.2) is 46.7 Å². The van der Waals surface area contributed by atoms with Crippen molar-refractivity contribution in [2.45, 2.75) is 58.1 Å². The molecule has 0 bridgehead atoms. The summed E-state index contributed by atoms with van der Waals surface area (Å²) in [5.41, 5.74) is 0.758. The largest absolute Gasteiger partial charge is 0.477 e. The second-order valence-electron chi connectivity index (χ2n) is 8.61. The lowest BCUT2D eigenvalue weighted by Crippen LogP contribution is -2.51. The van der Waals surface area contributed by atoms with Crippen LogP contribution in [0.1, 0.15) is 51.7 Å². The van der Waals surface area contributed by atoms with E-state index in [1.54, 1.807) is 0 Å². The molecule has 7 nitrogen and oxygen atoms in total. The molecule has 0 saturated carbocycles. The fourth-order valence-corrected chi connectivity index (χ4v) is 3.70. The molecular weight excluding hydrogens is 356 g/mol. The first kappa shape index (κ1) is 18.8. The Morgan fingerprint density at radius 1 is 1.18 bits per heavy atom. The zero-order valence-corrected chi connectivity index (χ0v) is 16.9. The van der Waals surface area contributed by atoms with Crippen LogP contribution in [0, 0.1) is 0 Å². The molecule has 0 N–H and O–H groups in total. The van der Waals surface area contributed by atoms with Gasteiger partial charge in [-0.25, -0.2) is 0 Å². The summed E-state index contributed by atoms with van der Waals surface area (Å²) >= 11 is 0. The van der Waals surface area contributed by atoms with Gasteiger partial charge in [-0.3, -0.25) is 4.79 Å². The predicted octanol–water partition coefficient (Wildman–Crippen LogP) is 3.15. The van der Waals surface area contributed by atoms with E-state index in [0.717, 1.165) is 37.4 Å². The van der Waals surface area contributed by atoms with Gasteiger partial charge in [0.2, 0.25) is 5.89 Å². The monoisotopic (exact) mass is 384 g/mol. The number of anilines is 1. The number of likely N-dealkylation sites (tertiary alicyclic amines) is 1. The van der Waals surface area contributed by atoms with Gasteiger partial charge >= 0.3 is 0 Å². The van der Waals surface area contributed by atoms with Gasteiger partial charge in [0.05, 0.1) is 18.8 Å². The predicted molar refractivity (Wildman–Crippen MR) is 105 cm³/mol. The first-order valence-corrected chi connectivity index (χ1v) is 10.0. The number of nitrogens with zero attached hydrogens (tertiary/aromatic N) is 4. The Hall–Kier alpha value is -2.57. The van der Waals surface area contributed by atoms with Crippen LogP contribution in [0.25, 0.3) is 0 Å². The van der Waals surface area contributed by atoms with Gasteiger partial charge in [-0.15, -0.1) is 0 Å². The lowest BCUT2D eigenvalue weighted by atomic mass is 9.97. The second kappa shape index (κ2) is 7.45. The Morgan fingerprint density at radius 2 is 1.93 bits per heavy atom. The zero-order chi connectivity index (χ0) is 19.7. The minimum atomic E-state index is -0.512. The summed E-state index contributed by atoms with van der Waals surface area (Å²) in [6.07, 6.45) is 2.81. The van der Waals surface area contributed by atoms with Gasteiger partial charge in [0.25, 0.3) is 5.91 Å². The van der Waals surface area contributed by atoms with Crippen molar-refractivity contribution in [1.29, 1.82) is 0 Å². The molecule has 0 radical (unpaired) electrons. The van der Waals surface area contributed by atoms with Crippen molar-refractivity contribution in [3.8, 4) is 5.75 Å². The quantitative estimate of drug-likeness (QED) is 0.810. The van der Waals surface area contributed by atoms with Crippen molar-refractivity contribution < 1.29 is 14.1 Å². The maximum absolute atomic E-state index is 13.0. The number of hydrogen-bond donors (Lipinski definition) is 0. The summed E-state index contributed by atoms with van der Waals surface area (Å²) in [7, 11) is 0. The molecular formula is C21H28N4O3. The minimum Gasteiger partial charge on any atom is -0.477 e. The van der Waals surface area contributed by atoms with Crippen molar-refractivity contribution in [2.75, 3.05) is 24.5 Å². The molecule has 1 aromatic heterocycles. The van der Waals surface area contributed by atoms with Crippen LogP contribution < -0.4 is 9.64 Å². The molecule has 4 rings (SSSR count). The molecule has 1 saturated heterocycles. The van der Waals surface area contributed by atoms with Crippen molar-refractivity contribution in [1.82, 2.24) is 15.0 Å².